The van der Waals surface area contributed by atoms with Gasteiger partial charge in [0.15, 0.2) is 0 Å². The molecule has 0 radical (unpaired) electrons. The van der Waals surface area contributed by atoms with Crippen molar-refractivity contribution in [2.45, 2.75) is 77.0 Å². The summed E-state index contributed by atoms with van der Waals surface area (Å²) < 4.78 is 5.60. The van der Waals surface area contributed by atoms with Crippen LogP contribution in [0.3, 0.4) is 0 Å². The molecule has 0 saturated heterocycles. The summed E-state index contributed by atoms with van der Waals surface area (Å²) in [5.74, 6) is 0. The van der Waals surface area contributed by atoms with Crippen molar-refractivity contribution in [1.29, 1.82) is 0 Å². The minimum absolute atomic E-state index is 0.456. The third-order valence-corrected chi connectivity index (χ3v) is 4.42. The van der Waals surface area contributed by atoms with Gasteiger partial charge in [-0.1, -0.05) is 26.7 Å². The van der Waals surface area contributed by atoms with Gasteiger partial charge in [-0.2, -0.15) is 0 Å². The molecule has 2 nitrogen and oxygen atoms in total. The zero-order valence-corrected chi connectivity index (χ0v) is 11.1. The summed E-state index contributed by atoms with van der Waals surface area (Å²) in [5, 5.41) is 3.85. The molecule has 0 amide bonds. The van der Waals surface area contributed by atoms with E-state index >= 15 is 0 Å². The van der Waals surface area contributed by atoms with E-state index in [1.54, 1.807) is 0 Å². The first-order chi connectivity index (χ1) is 7.61. The van der Waals surface area contributed by atoms with E-state index < -0.39 is 0 Å². The van der Waals surface area contributed by atoms with Gasteiger partial charge in [0.25, 0.3) is 0 Å². The van der Waals surface area contributed by atoms with Crippen LogP contribution in [-0.2, 0) is 4.74 Å². The van der Waals surface area contributed by atoms with Gasteiger partial charge in [-0.15, -0.1) is 0 Å². The Morgan fingerprint density at radius 3 is 2.50 bits per heavy atom. The van der Waals surface area contributed by atoms with Crippen molar-refractivity contribution in [2.75, 3.05) is 7.11 Å². The Balaban J connectivity index is 1.84. The summed E-state index contributed by atoms with van der Waals surface area (Å²) in [4.78, 5) is 0. The lowest BCUT2D eigenvalue weighted by Gasteiger charge is -2.33. The van der Waals surface area contributed by atoms with E-state index in [4.69, 9.17) is 4.74 Å². The first kappa shape index (κ1) is 12.4. The van der Waals surface area contributed by atoms with E-state index in [1.165, 1.54) is 44.9 Å². The minimum atomic E-state index is 0.456. The predicted molar refractivity (Wildman–Crippen MR) is 67.6 cm³/mol. The van der Waals surface area contributed by atoms with E-state index in [9.17, 15) is 0 Å². The molecule has 0 aromatic rings. The molecule has 3 atom stereocenters. The van der Waals surface area contributed by atoms with Gasteiger partial charge >= 0.3 is 0 Å². The van der Waals surface area contributed by atoms with Crippen LogP contribution < -0.4 is 5.32 Å². The summed E-state index contributed by atoms with van der Waals surface area (Å²) in [5.41, 5.74) is 0.550. The molecule has 0 aromatic heterocycles. The number of hydrogen-bond donors (Lipinski definition) is 1. The summed E-state index contributed by atoms with van der Waals surface area (Å²) in [6.07, 6.45) is 9.76. The van der Waals surface area contributed by atoms with Crippen LogP contribution in [0, 0.1) is 5.41 Å². The number of methoxy groups -OCH3 is 1. The topological polar surface area (TPSA) is 21.3 Å². The van der Waals surface area contributed by atoms with Gasteiger partial charge in [0, 0.05) is 19.2 Å². The molecule has 0 heterocycles. The van der Waals surface area contributed by atoms with Crippen molar-refractivity contribution in [3.8, 4) is 0 Å². The van der Waals surface area contributed by atoms with Crippen LogP contribution in [0.2, 0.25) is 0 Å². The van der Waals surface area contributed by atoms with E-state index in [1.807, 2.05) is 7.11 Å². The van der Waals surface area contributed by atoms with Crippen LogP contribution in [0.1, 0.15) is 58.8 Å². The van der Waals surface area contributed by atoms with Crippen molar-refractivity contribution < 1.29 is 4.74 Å². The number of ether oxygens (including phenoxy) is 1. The van der Waals surface area contributed by atoms with E-state index in [0.29, 0.717) is 17.6 Å². The number of nitrogens with one attached hydrogen (secondary N) is 1. The average molecular weight is 225 g/mol. The summed E-state index contributed by atoms with van der Waals surface area (Å²) in [6, 6.07) is 1.34. The molecule has 94 valence electrons. The maximum atomic E-state index is 5.60. The van der Waals surface area contributed by atoms with Crippen LogP contribution in [0.5, 0.6) is 0 Å². The van der Waals surface area contributed by atoms with Gasteiger partial charge in [0.1, 0.15) is 0 Å². The maximum Gasteiger partial charge on any atom is 0.0724 e. The standard InChI is InChI=1S/C14H27NO/c1-14(2)9-8-11(10-14)15-12-6-4-5-7-13(12)16-3/h11-13,15H,4-10H2,1-3H3. The van der Waals surface area contributed by atoms with Crippen molar-refractivity contribution in [3.63, 3.8) is 0 Å². The van der Waals surface area contributed by atoms with Crippen molar-refractivity contribution in [3.05, 3.63) is 0 Å². The third kappa shape index (κ3) is 2.98. The first-order valence-corrected chi connectivity index (χ1v) is 6.89. The second kappa shape index (κ2) is 5.05. The zero-order valence-electron chi connectivity index (χ0n) is 11.1. The Bertz CT molecular complexity index is 227. The molecule has 2 fully saturated rings. The Kier molecular flexibility index (Phi) is 3.91. The van der Waals surface area contributed by atoms with Gasteiger partial charge in [-0.3, -0.25) is 0 Å². The second-order valence-corrected chi connectivity index (χ2v) is 6.44. The fourth-order valence-electron chi connectivity index (χ4n) is 3.45. The molecule has 1 N–H and O–H groups in total. The molecule has 2 saturated carbocycles. The van der Waals surface area contributed by atoms with Crippen LogP contribution >= 0.6 is 0 Å². The number of hydrogen-bond acceptors (Lipinski definition) is 2. The van der Waals surface area contributed by atoms with Crippen molar-refractivity contribution >= 4 is 0 Å². The van der Waals surface area contributed by atoms with Gasteiger partial charge in [-0.25, -0.2) is 0 Å². The van der Waals surface area contributed by atoms with Crippen molar-refractivity contribution in [2.24, 2.45) is 5.41 Å². The Morgan fingerprint density at radius 1 is 1.12 bits per heavy atom. The molecular formula is C14H27NO. The highest BCUT2D eigenvalue weighted by Crippen LogP contribution is 2.37. The lowest BCUT2D eigenvalue weighted by Crippen LogP contribution is -2.47. The smallest absolute Gasteiger partial charge is 0.0724 e. The highest BCUT2D eigenvalue weighted by Gasteiger charge is 2.34. The second-order valence-electron chi connectivity index (χ2n) is 6.44. The fourth-order valence-corrected chi connectivity index (χ4v) is 3.45. The Hall–Kier alpha value is -0.0800. The van der Waals surface area contributed by atoms with E-state index in [-0.39, 0.29) is 0 Å². The lowest BCUT2D eigenvalue weighted by atomic mass is 9.90. The monoisotopic (exact) mass is 225 g/mol. The average Bonchev–Trinajstić information content (AvgIpc) is 2.59. The first-order valence-electron chi connectivity index (χ1n) is 6.89. The number of rotatable bonds is 3. The molecule has 16 heavy (non-hydrogen) atoms. The summed E-state index contributed by atoms with van der Waals surface area (Å²) in [7, 11) is 1.86. The van der Waals surface area contributed by atoms with Crippen LogP contribution in [0.25, 0.3) is 0 Å². The molecule has 0 spiro atoms. The van der Waals surface area contributed by atoms with Crippen LogP contribution in [0.15, 0.2) is 0 Å². The molecule has 3 unspecified atom stereocenters. The van der Waals surface area contributed by atoms with E-state index in [2.05, 4.69) is 19.2 Å². The SMILES string of the molecule is COC1CCCCC1NC1CCC(C)(C)C1. The molecule has 0 bridgehead atoms. The summed E-state index contributed by atoms with van der Waals surface area (Å²) in [6.45, 7) is 4.78. The van der Waals surface area contributed by atoms with Gasteiger partial charge in [0.2, 0.25) is 0 Å². The van der Waals surface area contributed by atoms with Gasteiger partial charge in [0.05, 0.1) is 6.10 Å². The van der Waals surface area contributed by atoms with Crippen LogP contribution in [-0.4, -0.2) is 25.3 Å². The Labute approximate surface area is 100 Å². The third-order valence-electron chi connectivity index (χ3n) is 4.42. The highest BCUT2D eigenvalue weighted by atomic mass is 16.5. The van der Waals surface area contributed by atoms with Crippen molar-refractivity contribution in [1.82, 2.24) is 5.32 Å². The zero-order chi connectivity index (χ0) is 11.6. The van der Waals surface area contributed by atoms with Gasteiger partial charge < -0.3 is 10.1 Å². The highest BCUT2D eigenvalue weighted by molar-refractivity contribution is 4.91. The Morgan fingerprint density at radius 2 is 1.88 bits per heavy atom. The van der Waals surface area contributed by atoms with Gasteiger partial charge in [-0.05, 0) is 37.5 Å². The van der Waals surface area contributed by atoms with E-state index in [0.717, 1.165) is 6.04 Å². The minimum Gasteiger partial charge on any atom is -0.380 e. The molecule has 2 aliphatic carbocycles. The predicted octanol–water partition coefficient (Wildman–Crippen LogP) is 3.11. The largest absolute Gasteiger partial charge is 0.380 e. The normalized spacial score (nSPS) is 38.8. The maximum absolute atomic E-state index is 5.60. The fraction of sp³-hybridized carbons (Fsp3) is 1.00. The summed E-state index contributed by atoms with van der Waals surface area (Å²) >= 11 is 0. The molecule has 2 rings (SSSR count). The quantitative estimate of drug-likeness (QED) is 0.797. The molecule has 2 heteroatoms. The van der Waals surface area contributed by atoms with Crippen LogP contribution in [0.4, 0.5) is 0 Å². The molecule has 0 aromatic carbocycles. The molecule has 0 aliphatic heterocycles. The lowest BCUT2D eigenvalue weighted by molar-refractivity contribution is 0.0375. The molecular weight excluding hydrogens is 198 g/mol. The molecule has 2 aliphatic rings.